The Morgan fingerprint density at radius 1 is 0.974 bits per heavy atom. The normalized spacial score (nSPS) is 13.0. The van der Waals surface area contributed by atoms with Crippen molar-refractivity contribution in [3.05, 3.63) is 123 Å². The van der Waals surface area contributed by atoms with Gasteiger partial charge in [-0.1, -0.05) is 54.1 Å². The Bertz CT molecular complexity index is 1700. The van der Waals surface area contributed by atoms with Gasteiger partial charge in [-0.05, 0) is 53.9 Å². The highest BCUT2D eigenvalue weighted by atomic mass is 35.5. The largest absolute Gasteiger partial charge is 0.495 e. The molecular formula is C31H26ClNO6. The van der Waals surface area contributed by atoms with Crippen LogP contribution < -0.4 is 10.3 Å². The molecule has 0 spiro atoms. The minimum Gasteiger partial charge on any atom is -0.495 e. The number of Topliss-reactive ketones (excluding diaryl/α,β-unsaturated/α-hetero) is 2. The monoisotopic (exact) mass is 546 g/mol. The fourth-order valence-electron chi connectivity index (χ4n) is 4.37. The van der Waals surface area contributed by atoms with Crippen LogP contribution in [0.3, 0.4) is 0 Å². The average molecular weight is 547 g/mol. The molecule has 0 saturated heterocycles. The summed E-state index contributed by atoms with van der Waals surface area (Å²) in [7, 11) is 1.35. The van der Waals surface area contributed by atoms with Gasteiger partial charge < -0.3 is 14.4 Å². The van der Waals surface area contributed by atoms with Gasteiger partial charge in [0.15, 0.2) is 11.6 Å². The number of rotatable bonds is 10. The van der Waals surface area contributed by atoms with E-state index in [4.69, 9.17) is 20.5 Å². The number of nitrogens with zero attached hydrogens (tertiary/aromatic N) is 1. The van der Waals surface area contributed by atoms with Crippen molar-refractivity contribution in [2.75, 3.05) is 7.11 Å². The summed E-state index contributed by atoms with van der Waals surface area (Å²) in [4.78, 5) is 51.3. The van der Waals surface area contributed by atoms with E-state index in [1.807, 2.05) is 30.3 Å². The molecule has 198 valence electrons. The quantitative estimate of drug-likeness (QED) is 0.257. The van der Waals surface area contributed by atoms with Crippen LogP contribution in [0, 0.1) is 0 Å². The van der Waals surface area contributed by atoms with Crippen LogP contribution in [0.15, 0.2) is 89.9 Å². The van der Waals surface area contributed by atoms with Crippen molar-refractivity contribution in [3.8, 4) is 16.9 Å². The van der Waals surface area contributed by atoms with Gasteiger partial charge in [0.05, 0.1) is 24.9 Å². The van der Waals surface area contributed by atoms with Gasteiger partial charge in [-0.25, -0.2) is 4.79 Å². The number of hydrogen-bond donors (Lipinski definition) is 1. The summed E-state index contributed by atoms with van der Waals surface area (Å²) in [5.41, 5.74) is 0.961. The Kier molecular flexibility index (Phi) is 7.22. The first kappa shape index (κ1) is 23.6. The zero-order valence-electron chi connectivity index (χ0n) is 23.9. The first-order valence-electron chi connectivity index (χ1n) is 13.4. The Labute approximate surface area is 234 Å². The van der Waals surface area contributed by atoms with Gasteiger partial charge in [0.1, 0.15) is 5.75 Å². The van der Waals surface area contributed by atoms with E-state index in [9.17, 15) is 24.3 Å². The van der Waals surface area contributed by atoms with Gasteiger partial charge in [-0.15, -0.1) is 0 Å². The number of aromatic nitrogens is 1. The molecule has 0 aliphatic rings. The highest BCUT2D eigenvalue weighted by molar-refractivity contribution is 6.31. The van der Waals surface area contributed by atoms with Gasteiger partial charge >= 0.3 is 5.97 Å². The Hall–Kier alpha value is -4.49. The molecule has 7 nitrogen and oxygen atoms in total. The number of hydrogen-bond acceptors (Lipinski definition) is 5. The number of pyridine rings is 1. The van der Waals surface area contributed by atoms with E-state index in [2.05, 4.69) is 0 Å². The molecule has 4 rings (SSSR count). The van der Waals surface area contributed by atoms with Crippen LogP contribution in [-0.4, -0.2) is 34.3 Å². The summed E-state index contributed by atoms with van der Waals surface area (Å²) in [6.45, 7) is -2.93. The summed E-state index contributed by atoms with van der Waals surface area (Å²) in [5, 5.41) is 9.39. The van der Waals surface area contributed by atoms with Crippen molar-refractivity contribution in [3.63, 3.8) is 0 Å². The molecule has 8 heteroatoms. The SMILES string of the molecule is [2H]C([2H])([2H])C(=O)c1ccc(Cl)cc1-c1cc(=O)n([C@@H](Cc2ccccc2)C(=O)Cc2ccc(C(=O)O)cc2)cc1OC. The van der Waals surface area contributed by atoms with Crippen LogP contribution in [0.25, 0.3) is 11.1 Å². The highest BCUT2D eigenvalue weighted by Gasteiger charge is 2.25. The molecule has 0 aliphatic heterocycles. The maximum atomic E-state index is 13.7. The predicted octanol–water partition coefficient (Wildman–Crippen LogP) is 5.67. The van der Waals surface area contributed by atoms with E-state index in [-0.39, 0.29) is 51.7 Å². The molecule has 3 aromatic carbocycles. The number of carboxylic acids is 1. The van der Waals surface area contributed by atoms with Crippen molar-refractivity contribution in [2.24, 2.45) is 0 Å². The van der Waals surface area contributed by atoms with Crippen molar-refractivity contribution >= 4 is 29.1 Å². The third kappa shape index (κ3) is 6.33. The molecule has 0 radical (unpaired) electrons. The van der Waals surface area contributed by atoms with Gasteiger partial charge in [0.25, 0.3) is 5.56 Å². The van der Waals surface area contributed by atoms with E-state index in [1.54, 1.807) is 12.1 Å². The van der Waals surface area contributed by atoms with Crippen LogP contribution in [0.5, 0.6) is 5.75 Å². The van der Waals surface area contributed by atoms with E-state index < -0.39 is 30.2 Å². The zero-order valence-corrected chi connectivity index (χ0v) is 21.6. The summed E-state index contributed by atoms with van der Waals surface area (Å²) in [5.74, 6) is -2.39. The van der Waals surface area contributed by atoms with Crippen LogP contribution in [0.4, 0.5) is 0 Å². The number of carbonyl (C=O) groups is 3. The Morgan fingerprint density at radius 3 is 2.33 bits per heavy atom. The summed E-state index contributed by atoms with van der Waals surface area (Å²) >= 11 is 6.19. The number of carboxylic acid groups (broad SMARTS) is 1. The second-order valence-electron chi connectivity index (χ2n) is 8.87. The van der Waals surface area contributed by atoms with Crippen LogP contribution in [-0.2, 0) is 17.6 Å². The molecule has 39 heavy (non-hydrogen) atoms. The van der Waals surface area contributed by atoms with E-state index in [0.717, 1.165) is 5.56 Å². The second-order valence-corrected chi connectivity index (χ2v) is 9.31. The fourth-order valence-corrected chi connectivity index (χ4v) is 4.54. The predicted molar refractivity (Wildman–Crippen MR) is 149 cm³/mol. The lowest BCUT2D eigenvalue weighted by molar-refractivity contribution is -0.121. The van der Waals surface area contributed by atoms with Crippen molar-refractivity contribution in [1.29, 1.82) is 0 Å². The minimum absolute atomic E-state index is 0.0700. The average Bonchev–Trinajstić information content (AvgIpc) is 2.96. The lowest BCUT2D eigenvalue weighted by Crippen LogP contribution is -2.32. The van der Waals surface area contributed by atoms with Gasteiger partial charge in [0.2, 0.25) is 0 Å². The standard InChI is InChI=1S/C31H26ClNO6/c1-19(34)24-13-12-23(32)16-25(24)26-17-30(36)33(18-29(26)39-2)27(14-20-6-4-3-5-7-20)28(35)15-21-8-10-22(11-9-21)31(37)38/h3-13,16-18,27H,14-15H2,1-2H3,(H,37,38)/t27-/m0/s1/i1D3. The fraction of sp³-hybridized carbons (Fsp3) is 0.161. The third-order valence-corrected chi connectivity index (χ3v) is 6.57. The topological polar surface area (TPSA) is 103 Å². The Morgan fingerprint density at radius 2 is 1.69 bits per heavy atom. The minimum atomic E-state index is -2.93. The maximum Gasteiger partial charge on any atom is 0.335 e. The first-order valence-corrected chi connectivity index (χ1v) is 12.3. The molecule has 0 bridgehead atoms. The second kappa shape index (κ2) is 11.9. The lowest BCUT2D eigenvalue weighted by Gasteiger charge is -2.21. The number of halogens is 1. The van der Waals surface area contributed by atoms with Gasteiger partial charge in [-0.2, -0.15) is 0 Å². The van der Waals surface area contributed by atoms with Crippen molar-refractivity contribution < 1.29 is 28.3 Å². The summed E-state index contributed by atoms with van der Waals surface area (Å²) in [6.07, 6.45) is 1.47. The molecule has 1 aromatic heterocycles. The number of ketones is 2. The maximum absolute atomic E-state index is 13.7. The van der Waals surface area contributed by atoms with Gasteiger partial charge in [0, 0.05) is 39.2 Å². The summed E-state index contributed by atoms with van der Waals surface area (Å²) < 4.78 is 29.6. The van der Waals surface area contributed by atoms with Gasteiger partial charge in [-0.3, -0.25) is 14.4 Å². The molecular weight excluding hydrogens is 518 g/mol. The molecule has 4 aromatic rings. The third-order valence-electron chi connectivity index (χ3n) is 6.34. The van der Waals surface area contributed by atoms with Crippen LogP contribution >= 0.6 is 11.6 Å². The number of carbonyl (C=O) groups excluding carboxylic acids is 2. The molecule has 1 heterocycles. The molecule has 0 saturated carbocycles. The summed E-state index contributed by atoms with van der Waals surface area (Å²) in [6, 6.07) is 19.3. The number of aromatic carboxylic acids is 1. The van der Waals surface area contributed by atoms with E-state index >= 15 is 0 Å². The van der Waals surface area contributed by atoms with Crippen molar-refractivity contribution in [2.45, 2.75) is 25.7 Å². The lowest BCUT2D eigenvalue weighted by atomic mass is 9.95. The molecule has 0 fully saturated rings. The van der Waals surface area contributed by atoms with Crippen LogP contribution in [0.2, 0.25) is 5.02 Å². The molecule has 1 N–H and O–H groups in total. The number of ether oxygens (including phenoxy) is 1. The molecule has 0 aliphatic carbocycles. The number of methoxy groups -OCH3 is 1. The van der Waals surface area contributed by atoms with E-state index in [1.165, 1.54) is 54.3 Å². The van der Waals surface area contributed by atoms with E-state index in [0.29, 0.717) is 5.56 Å². The van der Waals surface area contributed by atoms with Crippen molar-refractivity contribution in [1.82, 2.24) is 4.57 Å². The Balaban J connectivity index is 1.81. The highest BCUT2D eigenvalue weighted by Crippen LogP contribution is 2.34. The molecule has 0 amide bonds. The molecule has 0 unspecified atom stereocenters. The number of benzene rings is 3. The molecule has 1 atom stereocenters. The van der Waals surface area contributed by atoms with Crippen LogP contribution in [0.1, 0.15) is 48.8 Å². The zero-order chi connectivity index (χ0) is 30.6. The first-order chi connectivity index (χ1) is 19.9. The smallest absolute Gasteiger partial charge is 0.335 e.